The predicted molar refractivity (Wildman–Crippen MR) is 84.4 cm³/mol. The molecule has 1 amide bonds. The van der Waals surface area contributed by atoms with E-state index in [4.69, 9.17) is 16.3 Å². The maximum absolute atomic E-state index is 12.7. The van der Waals surface area contributed by atoms with Gasteiger partial charge in [0.25, 0.3) is 5.91 Å². The number of rotatable bonds is 2. The molecule has 1 atom stereocenters. The second-order valence-corrected chi connectivity index (χ2v) is 5.90. The largest absolute Gasteiger partial charge is 0.448 e. The fourth-order valence-corrected chi connectivity index (χ4v) is 2.70. The lowest BCUT2D eigenvalue weighted by Gasteiger charge is -2.24. The molecule has 1 unspecified atom stereocenters. The number of anilines is 1. The molecule has 0 aliphatic carbocycles. The molecule has 25 heavy (non-hydrogen) atoms. The Kier molecular flexibility index (Phi) is 4.43. The van der Waals surface area contributed by atoms with Gasteiger partial charge < -0.3 is 10.1 Å². The minimum atomic E-state index is -4.52. The van der Waals surface area contributed by atoms with Crippen LogP contribution in [0.4, 0.5) is 18.9 Å². The molecule has 4 nitrogen and oxygen atoms in total. The molecule has 0 fully saturated rings. The number of carbonyl (C=O) groups excluding carboxylic acids is 2. The molecular weight excluding hydrogens is 359 g/mol. The van der Waals surface area contributed by atoms with Crippen LogP contribution in [0.2, 0.25) is 5.02 Å². The maximum atomic E-state index is 12.7. The quantitative estimate of drug-likeness (QED) is 0.812. The third kappa shape index (κ3) is 3.76. The molecule has 1 aliphatic rings. The number of hydrogen-bond donors (Lipinski definition) is 1. The van der Waals surface area contributed by atoms with Crippen molar-refractivity contribution in [2.45, 2.75) is 18.7 Å². The van der Waals surface area contributed by atoms with E-state index in [0.29, 0.717) is 16.1 Å². The summed E-state index contributed by atoms with van der Waals surface area (Å²) < 4.78 is 43.2. The molecular formula is C17H11ClF3NO3. The minimum absolute atomic E-state index is 0.0345. The number of halogens is 4. The minimum Gasteiger partial charge on any atom is -0.448 e. The van der Waals surface area contributed by atoms with E-state index in [2.05, 4.69) is 5.32 Å². The number of amides is 1. The lowest BCUT2D eigenvalue weighted by Crippen LogP contribution is -2.38. The Labute approximate surface area is 145 Å². The number of fused-ring (bicyclic) bond motifs is 1. The zero-order valence-electron chi connectivity index (χ0n) is 12.6. The molecule has 2 aromatic carbocycles. The summed E-state index contributed by atoms with van der Waals surface area (Å²) in [7, 11) is 0. The molecule has 8 heteroatoms. The van der Waals surface area contributed by atoms with E-state index in [1.807, 2.05) is 0 Å². The number of benzene rings is 2. The van der Waals surface area contributed by atoms with Gasteiger partial charge in [-0.25, -0.2) is 4.79 Å². The van der Waals surface area contributed by atoms with Crippen LogP contribution in [0, 0.1) is 0 Å². The smallest absolute Gasteiger partial charge is 0.416 e. The Morgan fingerprint density at radius 2 is 1.96 bits per heavy atom. The van der Waals surface area contributed by atoms with Gasteiger partial charge in [-0.05, 0) is 42.0 Å². The average molecular weight is 370 g/mol. The van der Waals surface area contributed by atoms with Gasteiger partial charge in [-0.15, -0.1) is 0 Å². The number of esters is 1. The Morgan fingerprint density at radius 3 is 2.68 bits per heavy atom. The number of carbonyl (C=O) groups is 2. The molecule has 3 rings (SSSR count). The van der Waals surface area contributed by atoms with Gasteiger partial charge in [-0.3, -0.25) is 4.79 Å². The summed E-state index contributed by atoms with van der Waals surface area (Å²) in [6.07, 6.45) is -5.58. The van der Waals surface area contributed by atoms with E-state index in [1.165, 1.54) is 24.3 Å². The van der Waals surface area contributed by atoms with Crippen LogP contribution >= 0.6 is 11.6 Å². The van der Waals surface area contributed by atoms with E-state index in [9.17, 15) is 22.8 Å². The Morgan fingerprint density at radius 1 is 1.20 bits per heavy atom. The van der Waals surface area contributed by atoms with Gasteiger partial charge in [0.05, 0.1) is 11.1 Å². The van der Waals surface area contributed by atoms with E-state index in [-0.39, 0.29) is 12.1 Å². The molecule has 130 valence electrons. The van der Waals surface area contributed by atoms with Crippen LogP contribution in [0.5, 0.6) is 0 Å². The Hall–Kier alpha value is -2.54. The molecule has 0 spiro atoms. The van der Waals surface area contributed by atoms with Crippen LogP contribution in [0.15, 0.2) is 42.5 Å². The maximum Gasteiger partial charge on any atom is 0.416 e. The second-order valence-electron chi connectivity index (χ2n) is 5.47. The summed E-state index contributed by atoms with van der Waals surface area (Å²) in [5, 5.41) is 2.75. The highest BCUT2D eigenvalue weighted by molar-refractivity contribution is 6.30. The number of alkyl halides is 3. The van der Waals surface area contributed by atoms with Crippen LogP contribution in [0.1, 0.15) is 21.5 Å². The first-order valence-corrected chi connectivity index (χ1v) is 7.59. The van der Waals surface area contributed by atoms with Crippen molar-refractivity contribution < 1.29 is 27.5 Å². The average Bonchev–Trinajstić information content (AvgIpc) is 2.53. The second kappa shape index (κ2) is 6.40. The van der Waals surface area contributed by atoms with E-state index < -0.39 is 29.7 Å². The summed E-state index contributed by atoms with van der Waals surface area (Å²) in [6, 6.07) is 8.80. The van der Waals surface area contributed by atoms with Crippen LogP contribution in [0.3, 0.4) is 0 Å². The van der Waals surface area contributed by atoms with Crippen molar-refractivity contribution in [1.29, 1.82) is 0 Å². The molecule has 0 radical (unpaired) electrons. The lowest BCUT2D eigenvalue weighted by molar-refractivity contribution is -0.137. The molecule has 1 N–H and O–H groups in total. The van der Waals surface area contributed by atoms with Crippen molar-refractivity contribution in [3.05, 3.63) is 64.2 Å². The number of ether oxygens (including phenoxy) is 1. The third-order valence-corrected chi connectivity index (χ3v) is 3.93. The van der Waals surface area contributed by atoms with E-state index >= 15 is 0 Å². The van der Waals surface area contributed by atoms with Gasteiger partial charge in [0.1, 0.15) is 0 Å². The van der Waals surface area contributed by atoms with Gasteiger partial charge in [0.15, 0.2) is 6.10 Å². The third-order valence-electron chi connectivity index (χ3n) is 3.69. The lowest BCUT2D eigenvalue weighted by atomic mass is 9.98. The summed E-state index contributed by atoms with van der Waals surface area (Å²) in [5.74, 6) is -1.39. The normalized spacial score (nSPS) is 16.8. The molecule has 1 aliphatic heterocycles. The molecule has 0 saturated carbocycles. The highest BCUT2D eigenvalue weighted by atomic mass is 35.5. The first kappa shape index (κ1) is 17.3. The molecule has 0 aromatic heterocycles. The summed E-state index contributed by atoms with van der Waals surface area (Å²) >= 11 is 5.88. The van der Waals surface area contributed by atoms with E-state index in [0.717, 1.165) is 12.1 Å². The Balaban J connectivity index is 1.78. The predicted octanol–water partition coefficient (Wildman–Crippen LogP) is 4.08. The van der Waals surface area contributed by atoms with Crippen LogP contribution in [0.25, 0.3) is 0 Å². The number of cyclic esters (lactones) is 1. The highest BCUT2D eigenvalue weighted by Crippen LogP contribution is 2.31. The fourth-order valence-electron chi connectivity index (χ4n) is 2.51. The van der Waals surface area contributed by atoms with Crippen LogP contribution in [-0.2, 0) is 22.1 Å². The zero-order valence-corrected chi connectivity index (χ0v) is 13.3. The zero-order chi connectivity index (χ0) is 18.2. The number of hydrogen-bond acceptors (Lipinski definition) is 3. The first-order valence-electron chi connectivity index (χ1n) is 7.21. The van der Waals surface area contributed by atoms with Crippen LogP contribution in [-0.4, -0.2) is 18.0 Å². The molecule has 0 bridgehead atoms. The standard InChI is InChI=1S/C17H11ClF3NO3/c18-11-4-5-13-9(6-11)7-14(25-16(13)24)15(23)22-12-3-1-2-10(8-12)17(19,20)21/h1-6,8,14H,7H2,(H,22,23). The van der Waals surface area contributed by atoms with Gasteiger partial charge in [0, 0.05) is 17.1 Å². The van der Waals surface area contributed by atoms with Gasteiger partial charge in [-0.1, -0.05) is 17.7 Å². The van der Waals surface area contributed by atoms with Crippen molar-refractivity contribution in [2.24, 2.45) is 0 Å². The van der Waals surface area contributed by atoms with Crippen molar-refractivity contribution in [3.63, 3.8) is 0 Å². The molecule has 0 saturated heterocycles. The Bertz CT molecular complexity index is 851. The van der Waals surface area contributed by atoms with Gasteiger partial charge in [0.2, 0.25) is 0 Å². The van der Waals surface area contributed by atoms with Gasteiger partial charge >= 0.3 is 12.1 Å². The SMILES string of the molecule is O=C1OC(C(=O)Nc2cccc(C(F)(F)F)c2)Cc2cc(Cl)ccc21. The first-order chi connectivity index (χ1) is 11.7. The van der Waals surface area contributed by atoms with E-state index in [1.54, 1.807) is 6.07 Å². The monoisotopic (exact) mass is 369 g/mol. The molecule has 1 heterocycles. The topological polar surface area (TPSA) is 55.4 Å². The van der Waals surface area contributed by atoms with Crippen LogP contribution < -0.4 is 5.32 Å². The number of nitrogens with one attached hydrogen (secondary N) is 1. The van der Waals surface area contributed by atoms with Crippen molar-refractivity contribution in [3.8, 4) is 0 Å². The van der Waals surface area contributed by atoms with Crippen molar-refractivity contribution in [1.82, 2.24) is 0 Å². The fraction of sp³-hybridized carbons (Fsp3) is 0.176. The molecule has 2 aromatic rings. The van der Waals surface area contributed by atoms with Crippen molar-refractivity contribution >= 4 is 29.2 Å². The summed E-state index contributed by atoms with van der Waals surface area (Å²) in [5.41, 5.74) is -0.0590. The highest BCUT2D eigenvalue weighted by Gasteiger charge is 2.33. The van der Waals surface area contributed by atoms with Crippen molar-refractivity contribution in [2.75, 3.05) is 5.32 Å². The van der Waals surface area contributed by atoms with Gasteiger partial charge in [-0.2, -0.15) is 13.2 Å². The summed E-state index contributed by atoms with van der Waals surface area (Å²) in [6.45, 7) is 0. The summed E-state index contributed by atoms with van der Waals surface area (Å²) in [4.78, 5) is 24.2.